The Kier molecular flexibility index (Phi) is 2.13. The van der Waals surface area contributed by atoms with Gasteiger partial charge in [-0.1, -0.05) is 16.9 Å². The molecule has 2 rings (SSSR count). The summed E-state index contributed by atoms with van der Waals surface area (Å²) < 4.78 is 6.13. The van der Waals surface area contributed by atoms with Crippen molar-refractivity contribution >= 4 is 11.8 Å². The standard InChI is InChI=1S/C5H6N6OS/c6-11-3-8-10-5(11)13-1-4-7-2-9-12-4/h2-3H,1,6H2. The van der Waals surface area contributed by atoms with Crippen LogP contribution in [-0.2, 0) is 5.75 Å². The molecule has 0 aliphatic carbocycles. The molecule has 0 amide bonds. The van der Waals surface area contributed by atoms with Crippen molar-refractivity contribution < 1.29 is 4.52 Å². The molecule has 13 heavy (non-hydrogen) atoms. The monoisotopic (exact) mass is 198 g/mol. The first-order valence-electron chi connectivity index (χ1n) is 3.39. The lowest BCUT2D eigenvalue weighted by atomic mass is 10.8. The lowest BCUT2D eigenvalue weighted by Crippen LogP contribution is -2.07. The van der Waals surface area contributed by atoms with Crippen LogP contribution in [0.1, 0.15) is 5.89 Å². The predicted molar refractivity (Wildman–Crippen MR) is 44.0 cm³/mol. The fourth-order valence-corrected chi connectivity index (χ4v) is 1.40. The minimum absolute atomic E-state index is 0.535. The van der Waals surface area contributed by atoms with Gasteiger partial charge in [0.25, 0.3) is 0 Å². The Balaban J connectivity index is 1.97. The summed E-state index contributed by atoms with van der Waals surface area (Å²) in [6.07, 6.45) is 2.78. The Morgan fingerprint density at radius 1 is 1.62 bits per heavy atom. The number of nitrogens with zero attached hydrogens (tertiary/aromatic N) is 5. The molecule has 2 aromatic heterocycles. The number of nitrogens with two attached hydrogens (primary N) is 1. The molecule has 0 aromatic carbocycles. The zero-order chi connectivity index (χ0) is 9.10. The summed E-state index contributed by atoms with van der Waals surface area (Å²) in [7, 11) is 0. The van der Waals surface area contributed by atoms with E-state index in [1.807, 2.05) is 0 Å². The van der Waals surface area contributed by atoms with E-state index in [0.29, 0.717) is 16.8 Å². The van der Waals surface area contributed by atoms with Gasteiger partial charge in [-0.15, -0.1) is 10.2 Å². The van der Waals surface area contributed by atoms with Crippen LogP contribution in [0.2, 0.25) is 0 Å². The first kappa shape index (κ1) is 8.05. The van der Waals surface area contributed by atoms with Gasteiger partial charge >= 0.3 is 0 Å². The smallest absolute Gasteiger partial charge is 0.236 e. The van der Waals surface area contributed by atoms with Crippen molar-refractivity contribution in [3.8, 4) is 0 Å². The maximum absolute atomic E-state index is 5.48. The van der Waals surface area contributed by atoms with E-state index in [2.05, 4.69) is 20.3 Å². The van der Waals surface area contributed by atoms with E-state index in [1.54, 1.807) is 0 Å². The minimum atomic E-state index is 0.535. The maximum atomic E-state index is 5.48. The molecule has 8 heteroatoms. The fraction of sp³-hybridized carbons (Fsp3) is 0.200. The Hall–Kier alpha value is -1.57. The molecule has 68 valence electrons. The minimum Gasteiger partial charge on any atom is -0.339 e. The van der Waals surface area contributed by atoms with Crippen LogP contribution in [0.5, 0.6) is 0 Å². The van der Waals surface area contributed by atoms with Gasteiger partial charge in [-0.3, -0.25) is 0 Å². The van der Waals surface area contributed by atoms with Crippen LogP contribution < -0.4 is 5.84 Å². The zero-order valence-electron chi connectivity index (χ0n) is 6.49. The Morgan fingerprint density at radius 2 is 2.54 bits per heavy atom. The molecule has 0 aliphatic heterocycles. The van der Waals surface area contributed by atoms with Crippen LogP contribution in [0.3, 0.4) is 0 Å². The summed E-state index contributed by atoms with van der Waals surface area (Å²) in [5.74, 6) is 6.56. The zero-order valence-corrected chi connectivity index (χ0v) is 7.31. The average molecular weight is 198 g/mol. The first-order chi connectivity index (χ1) is 6.36. The van der Waals surface area contributed by atoms with Crippen molar-refractivity contribution in [3.05, 3.63) is 18.5 Å². The van der Waals surface area contributed by atoms with E-state index < -0.39 is 0 Å². The van der Waals surface area contributed by atoms with Crippen LogP contribution in [-0.4, -0.2) is 25.0 Å². The van der Waals surface area contributed by atoms with Gasteiger partial charge < -0.3 is 10.4 Å². The molecule has 2 heterocycles. The van der Waals surface area contributed by atoms with Gasteiger partial charge in [-0.05, 0) is 0 Å². The summed E-state index contributed by atoms with van der Waals surface area (Å²) >= 11 is 1.38. The topological polar surface area (TPSA) is 95.7 Å². The molecule has 0 atom stereocenters. The van der Waals surface area contributed by atoms with Crippen molar-refractivity contribution in [2.75, 3.05) is 5.84 Å². The average Bonchev–Trinajstić information content (AvgIpc) is 2.72. The van der Waals surface area contributed by atoms with Crippen molar-refractivity contribution in [1.29, 1.82) is 0 Å². The third kappa shape index (κ3) is 1.78. The van der Waals surface area contributed by atoms with E-state index in [9.17, 15) is 0 Å². The van der Waals surface area contributed by atoms with Gasteiger partial charge in [0, 0.05) is 0 Å². The van der Waals surface area contributed by atoms with Gasteiger partial charge in [0.15, 0.2) is 6.33 Å². The van der Waals surface area contributed by atoms with Crippen LogP contribution >= 0.6 is 11.8 Å². The molecule has 0 radical (unpaired) electrons. The lowest BCUT2D eigenvalue weighted by molar-refractivity contribution is 0.390. The molecule has 2 N–H and O–H groups in total. The molecule has 7 nitrogen and oxygen atoms in total. The van der Waals surface area contributed by atoms with Gasteiger partial charge in [-0.25, -0.2) is 4.68 Å². The highest BCUT2D eigenvalue weighted by Crippen LogP contribution is 2.16. The molecular formula is C5H6N6OS. The second kappa shape index (κ2) is 3.44. The summed E-state index contributed by atoms with van der Waals surface area (Å²) in [6.45, 7) is 0. The predicted octanol–water partition coefficient (Wildman–Crippen LogP) is -0.333. The fourth-order valence-electron chi connectivity index (χ4n) is 0.721. The number of hydrogen-bond donors (Lipinski definition) is 1. The van der Waals surface area contributed by atoms with E-state index in [0.717, 1.165) is 0 Å². The highest BCUT2D eigenvalue weighted by atomic mass is 32.2. The van der Waals surface area contributed by atoms with Gasteiger partial charge in [0.2, 0.25) is 11.0 Å². The van der Waals surface area contributed by atoms with E-state index in [1.165, 1.54) is 29.1 Å². The Morgan fingerprint density at radius 3 is 3.15 bits per heavy atom. The van der Waals surface area contributed by atoms with Crippen molar-refractivity contribution in [2.24, 2.45) is 0 Å². The molecule has 0 saturated heterocycles. The highest BCUT2D eigenvalue weighted by molar-refractivity contribution is 7.98. The van der Waals surface area contributed by atoms with Crippen LogP contribution in [0.4, 0.5) is 0 Å². The normalized spacial score (nSPS) is 10.5. The summed E-state index contributed by atoms with van der Waals surface area (Å²) in [6, 6.07) is 0. The van der Waals surface area contributed by atoms with Gasteiger partial charge in [0.05, 0.1) is 5.75 Å². The maximum Gasteiger partial charge on any atom is 0.236 e. The number of thioether (sulfide) groups is 1. The molecule has 0 fully saturated rings. The second-order valence-electron chi connectivity index (χ2n) is 2.14. The Labute approximate surface area is 77.3 Å². The van der Waals surface area contributed by atoms with E-state index in [4.69, 9.17) is 10.4 Å². The van der Waals surface area contributed by atoms with Crippen LogP contribution in [0.15, 0.2) is 22.3 Å². The summed E-state index contributed by atoms with van der Waals surface area (Å²) in [5.41, 5.74) is 0. The quantitative estimate of drug-likeness (QED) is 0.532. The SMILES string of the molecule is Nn1cnnc1SCc1ncno1. The third-order valence-corrected chi connectivity index (χ3v) is 2.21. The molecule has 0 saturated carbocycles. The van der Waals surface area contributed by atoms with Crippen molar-refractivity contribution in [3.63, 3.8) is 0 Å². The van der Waals surface area contributed by atoms with Crippen molar-refractivity contribution in [2.45, 2.75) is 10.9 Å². The Bertz CT molecular complexity index is 370. The summed E-state index contributed by atoms with van der Waals surface area (Å²) in [4.78, 5) is 3.85. The summed E-state index contributed by atoms with van der Waals surface area (Å²) in [5, 5.41) is 11.5. The van der Waals surface area contributed by atoms with Crippen LogP contribution in [0.25, 0.3) is 0 Å². The molecule has 0 aliphatic rings. The number of nitrogen functional groups attached to an aromatic ring is 1. The molecule has 2 aromatic rings. The number of hydrogen-bond acceptors (Lipinski definition) is 7. The highest BCUT2D eigenvalue weighted by Gasteiger charge is 2.05. The third-order valence-electron chi connectivity index (χ3n) is 1.27. The number of rotatable bonds is 3. The molecule has 0 bridgehead atoms. The second-order valence-corrected chi connectivity index (χ2v) is 3.09. The first-order valence-corrected chi connectivity index (χ1v) is 4.38. The molecule has 0 unspecified atom stereocenters. The van der Waals surface area contributed by atoms with E-state index in [-0.39, 0.29) is 0 Å². The van der Waals surface area contributed by atoms with Crippen LogP contribution in [0, 0.1) is 0 Å². The molecule has 0 spiro atoms. The van der Waals surface area contributed by atoms with Gasteiger partial charge in [0.1, 0.15) is 6.33 Å². The largest absolute Gasteiger partial charge is 0.339 e. The number of aromatic nitrogens is 5. The van der Waals surface area contributed by atoms with E-state index >= 15 is 0 Å². The molecular weight excluding hydrogens is 192 g/mol. The van der Waals surface area contributed by atoms with Gasteiger partial charge in [-0.2, -0.15) is 4.98 Å². The lowest BCUT2D eigenvalue weighted by Gasteiger charge is -1.95. The van der Waals surface area contributed by atoms with Crippen molar-refractivity contribution in [1.82, 2.24) is 25.0 Å².